The van der Waals surface area contributed by atoms with Crippen molar-refractivity contribution >= 4 is 18.0 Å². The van der Waals surface area contributed by atoms with Crippen LogP contribution >= 0.6 is 0 Å². The SMILES string of the molecule is CO[C@@H](/C(C)=C/C=C/C(C)=C/c1coc(C)n1)[C@@H](C)[C@@H]1C[C@H](O)[C@@](C)(O)[C@H](O)/C=C/[C@@H](C)[C@H]2C[C@H](CC(=O)O2)C[C@@H]2O[C@H]2C(=O)O1. The molecular weight excluding hydrogens is 594 g/mol. The Morgan fingerprint density at radius 3 is 2.52 bits per heavy atom. The first-order valence-electron chi connectivity index (χ1n) is 16.0. The fourth-order valence-electron chi connectivity index (χ4n) is 6.30. The van der Waals surface area contributed by atoms with Crippen molar-refractivity contribution in [3.05, 3.63) is 59.4 Å². The molecular formula is C35H49NO10. The van der Waals surface area contributed by atoms with Crippen LogP contribution < -0.4 is 0 Å². The number of oxazole rings is 1. The van der Waals surface area contributed by atoms with Gasteiger partial charge in [0.15, 0.2) is 12.0 Å². The summed E-state index contributed by atoms with van der Waals surface area (Å²) in [4.78, 5) is 30.0. The molecule has 11 atom stereocenters. The molecule has 0 saturated carbocycles. The Kier molecular flexibility index (Phi) is 11.8. The molecule has 3 aliphatic heterocycles. The Hall–Kier alpha value is -3.09. The highest BCUT2D eigenvalue weighted by Gasteiger charge is 2.50. The number of carbonyl (C=O) groups excluding carboxylic acids is 2. The van der Waals surface area contributed by atoms with Gasteiger partial charge in [-0.1, -0.05) is 44.2 Å². The van der Waals surface area contributed by atoms with Crippen LogP contribution in [0.4, 0.5) is 0 Å². The molecule has 2 bridgehead atoms. The number of esters is 2. The minimum Gasteiger partial charge on any atom is -0.462 e. The highest BCUT2D eigenvalue weighted by atomic mass is 16.6. The smallest absolute Gasteiger partial charge is 0.338 e. The van der Waals surface area contributed by atoms with Crippen LogP contribution in [0.1, 0.15) is 71.9 Å². The summed E-state index contributed by atoms with van der Waals surface area (Å²) in [5.74, 6) is -1.04. The number of fused-ring (bicyclic) bond motifs is 3. The first-order chi connectivity index (χ1) is 21.7. The number of epoxide rings is 1. The Bertz CT molecular complexity index is 1340. The molecule has 0 radical (unpaired) electrons. The second-order valence-corrected chi connectivity index (χ2v) is 13.3. The van der Waals surface area contributed by atoms with E-state index in [0.717, 1.165) is 16.8 Å². The van der Waals surface area contributed by atoms with E-state index in [1.165, 1.54) is 13.0 Å². The molecule has 0 aromatic carbocycles. The first-order valence-corrected chi connectivity index (χ1v) is 16.0. The van der Waals surface area contributed by atoms with Gasteiger partial charge in [0.1, 0.15) is 35.9 Å². The van der Waals surface area contributed by atoms with Gasteiger partial charge in [0.05, 0.1) is 18.3 Å². The normalized spacial score (nSPS) is 36.8. The average molecular weight is 644 g/mol. The van der Waals surface area contributed by atoms with Crippen molar-refractivity contribution in [2.45, 2.75) is 116 Å². The maximum Gasteiger partial charge on any atom is 0.338 e. The summed E-state index contributed by atoms with van der Waals surface area (Å²) < 4.78 is 28.4. The molecule has 2 fully saturated rings. The maximum atomic E-state index is 13.3. The number of hydrogen-bond donors (Lipinski definition) is 3. The third kappa shape index (κ3) is 9.04. The molecule has 1 aromatic rings. The zero-order valence-corrected chi connectivity index (χ0v) is 27.8. The molecule has 4 heterocycles. The first kappa shape index (κ1) is 35.8. The van der Waals surface area contributed by atoms with E-state index in [1.807, 2.05) is 52.0 Å². The molecule has 11 nitrogen and oxygen atoms in total. The standard InChI is InChI=1S/C35H49NO10/c1-19(13-25-18-43-23(5)36-25)9-8-10-21(3)32(42-7)22(4)27-17-30(38)35(6,41)29(37)12-11-20(2)26-14-24(16-31(39)44-26)15-28-33(45-28)34(40)46-27/h8-13,18,20,22,24,26-30,32-33,37-38,41H,14-17H2,1-7H3/b9-8+,12-11+,19-13+,21-10+/t20-,22+,24+,26-,27+,28+,29-,30+,32+,33-,35+/m1/s1. The number of aliphatic hydroxyl groups is 3. The molecule has 3 aliphatic rings. The van der Waals surface area contributed by atoms with Crippen molar-refractivity contribution in [1.82, 2.24) is 4.98 Å². The lowest BCUT2D eigenvalue weighted by atomic mass is 9.82. The van der Waals surface area contributed by atoms with Gasteiger partial charge in [-0.2, -0.15) is 0 Å². The van der Waals surface area contributed by atoms with E-state index in [4.69, 9.17) is 23.4 Å². The number of nitrogens with zero attached hydrogens (tertiary/aromatic N) is 1. The summed E-state index contributed by atoms with van der Waals surface area (Å²) >= 11 is 0. The number of aryl methyl sites for hydroxylation is 1. The van der Waals surface area contributed by atoms with Crippen LogP contribution in [0.5, 0.6) is 0 Å². The fourth-order valence-corrected chi connectivity index (χ4v) is 6.30. The zero-order valence-electron chi connectivity index (χ0n) is 27.8. The van der Waals surface area contributed by atoms with Gasteiger partial charge in [0.2, 0.25) is 0 Å². The van der Waals surface area contributed by atoms with Gasteiger partial charge in [0.25, 0.3) is 0 Å². The predicted octanol–water partition coefficient (Wildman–Crippen LogP) is 4.00. The molecule has 2 saturated heterocycles. The van der Waals surface area contributed by atoms with Gasteiger partial charge in [-0.15, -0.1) is 0 Å². The van der Waals surface area contributed by atoms with Crippen LogP contribution in [0.25, 0.3) is 6.08 Å². The second kappa shape index (κ2) is 15.2. The Balaban J connectivity index is 1.55. The van der Waals surface area contributed by atoms with Gasteiger partial charge in [-0.25, -0.2) is 9.78 Å². The Morgan fingerprint density at radius 2 is 1.85 bits per heavy atom. The van der Waals surface area contributed by atoms with Crippen molar-refractivity contribution in [3.8, 4) is 0 Å². The Labute approximate surface area is 271 Å². The van der Waals surface area contributed by atoms with Gasteiger partial charge < -0.3 is 38.7 Å². The molecule has 3 N–H and O–H groups in total. The highest BCUT2D eigenvalue weighted by Crippen LogP contribution is 2.38. The Morgan fingerprint density at radius 1 is 1.13 bits per heavy atom. The van der Waals surface area contributed by atoms with Crippen molar-refractivity contribution in [1.29, 1.82) is 0 Å². The molecule has 0 amide bonds. The van der Waals surface area contributed by atoms with Crippen LogP contribution in [0.15, 0.2) is 52.2 Å². The number of methoxy groups -OCH3 is 1. The van der Waals surface area contributed by atoms with E-state index in [-0.39, 0.29) is 36.8 Å². The zero-order chi connectivity index (χ0) is 33.8. The lowest BCUT2D eigenvalue weighted by Crippen LogP contribution is -2.51. The van der Waals surface area contributed by atoms with E-state index in [1.54, 1.807) is 26.4 Å². The van der Waals surface area contributed by atoms with Crippen LogP contribution in [-0.2, 0) is 28.5 Å². The lowest BCUT2D eigenvalue weighted by molar-refractivity contribution is -0.166. The number of rotatable bonds is 7. The van der Waals surface area contributed by atoms with Crippen LogP contribution in [0.2, 0.25) is 0 Å². The summed E-state index contributed by atoms with van der Waals surface area (Å²) in [6.07, 6.45) is 7.56. The molecule has 254 valence electrons. The summed E-state index contributed by atoms with van der Waals surface area (Å²) in [6, 6.07) is 0. The van der Waals surface area contributed by atoms with E-state index < -0.39 is 54.1 Å². The monoisotopic (exact) mass is 643 g/mol. The number of ether oxygens (including phenoxy) is 4. The largest absolute Gasteiger partial charge is 0.462 e. The number of hydrogen-bond acceptors (Lipinski definition) is 11. The van der Waals surface area contributed by atoms with E-state index >= 15 is 0 Å². The van der Waals surface area contributed by atoms with Crippen molar-refractivity contribution in [2.75, 3.05) is 7.11 Å². The molecule has 0 unspecified atom stereocenters. The maximum absolute atomic E-state index is 13.3. The predicted molar refractivity (Wildman–Crippen MR) is 169 cm³/mol. The number of carbonyl (C=O) groups is 2. The van der Waals surface area contributed by atoms with Crippen LogP contribution in [-0.4, -0.2) is 87.7 Å². The number of aliphatic hydroxyl groups excluding tert-OH is 2. The quantitative estimate of drug-likeness (QED) is 0.170. The van der Waals surface area contributed by atoms with Crippen molar-refractivity contribution in [3.63, 3.8) is 0 Å². The average Bonchev–Trinajstić information content (AvgIpc) is 3.64. The molecule has 0 aliphatic carbocycles. The fraction of sp³-hybridized carbons (Fsp3) is 0.629. The number of cyclic esters (lactones) is 1. The molecule has 0 spiro atoms. The van der Waals surface area contributed by atoms with Crippen molar-refractivity contribution in [2.24, 2.45) is 17.8 Å². The molecule has 46 heavy (non-hydrogen) atoms. The van der Waals surface area contributed by atoms with Gasteiger partial charge in [0, 0.05) is 38.7 Å². The van der Waals surface area contributed by atoms with E-state index in [2.05, 4.69) is 4.98 Å². The third-order valence-electron chi connectivity index (χ3n) is 9.36. The van der Waals surface area contributed by atoms with E-state index in [0.29, 0.717) is 18.7 Å². The minimum atomic E-state index is -1.98. The summed E-state index contributed by atoms with van der Waals surface area (Å²) in [7, 11) is 1.56. The molecule has 1 aromatic heterocycles. The lowest BCUT2D eigenvalue weighted by Gasteiger charge is -2.37. The molecule has 4 rings (SSSR count). The topological polar surface area (TPSA) is 161 Å². The van der Waals surface area contributed by atoms with Crippen LogP contribution in [0.3, 0.4) is 0 Å². The van der Waals surface area contributed by atoms with E-state index in [9.17, 15) is 24.9 Å². The number of aromatic nitrogens is 1. The van der Waals surface area contributed by atoms with Crippen molar-refractivity contribution < 1.29 is 48.3 Å². The third-order valence-corrected chi connectivity index (χ3v) is 9.36. The molecule has 11 heteroatoms. The van der Waals surface area contributed by atoms with Gasteiger partial charge >= 0.3 is 11.9 Å². The van der Waals surface area contributed by atoms with Gasteiger partial charge in [-0.05, 0) is 56.8 Å². The minimum absolute atomic E-state index is 0.0281. The summed E-state index contributed by atoms with van der Waals surface area (Å²) in [6.45, 7) is 10.7. The highest BCUT2D eigenvalue weighted by molar-refractivity contribution is 5.78. The van der Waals surface area contributed by atoms with Crippen LogP contribution in [0, 0.1) is 24.7 Å². The summed E-state index contributed by atoms with van der Waals surface area (Å²) in [5, 5.41) is 33.4. The summed E-state index contributed by atoms with van der Waals surface area (Å²) in [5.41, 5.74) is 0.544. The second-order valence-electron chi connectivity index (χ2n) is 13.3. The number of allylic oxidation sites excluding steroid dienone is 4. The van der Waals surface area contributed by atoms with Gasteiger partial charge in [-0.3, -0.25) is 4.79 Å².